The van der Waals surface area contributed by atoms with Crippen molar-refractivity contribution in [1.29, 1.82) is 0 Å². The van der Waals surface area contributed by atoms with Gasteiger partial charge in [0.25, 0.3) is 0 Å². The van der Waals surface area contributed by atoms with Crippen molar-refractivity contribution in [3.05, 3.63) is 47.5 Å². The number of aryl methyl sites for hydroxylation is 1. The Hall–Kier alpha value is -1.26. The second-order valence-electron chi connectivity index (χ2n) is 5.24. The van der Waals surface area contributed by atoms with Crippen LogP contribution in [-0.2, 0) is 19.5 Å². The lowest BCUT2D eigenvalue weighted by Gasteiger charge is -2.15. The smallest absolute Gasteiger partial charge is 0.105 e. The van der Waals surface area contributed by atoms with Crippen LogP contribution in [0.4, 0.5) is 0 Å². The van der Waals surface area contributed by atoms with Crippen LogP contribution in [0.2, 0.25) is 0 Å². The number of nitrogens with zero attached hydrogens (tertiary/aromatic N) is 2. The van der Waals surface area contributed by atoms with E-state index in [1.165, 1.54) is 22.6 Å². The normalized spacial score (nSPS) is 17.4. The topological polar surface area (TPSA) is 29.9 Å². The van der Waals surface area contributed by atoms with Gasteiger partial charge >= 0.3 is 0 Å². The third-order valence-electron chi connectivity index (χ3n) is 3.79. The van der Waals surface area contributed by atoms with Gasteiger partial charge in [-0.3, -0.25) is 0 Å². The van der Waals surface area contributed by atoms with E-state index in [4.69, 9.17) is 0 Å². The molecule has 0 spiro atoms. The molecule has 0 saturated heterocycles. The molecule has 1 unspecified atom stereocenters. The summed E-state index contributed by atoms with van der Waals surface area (Å²) in [5.41, 5.74) is 2.79. The molecule has 0 radical (unpaired) electrons. The molecule has 0 saturated carbocycles. The van der Waals surface area contributed by atoms with Gasteiger partial charge in [-0.1, -0.05) is 25.1 Å². The molecule has 2 aromatic rings. The van der Waals surface area contributed by atoms with Gasteiger partial charge in [0, 0.05) is 29.4 Å². The molecule has 3 rings (SSSR count). The fourth-order valence-corrected chi connectivity index (χ4v) is 4.02. The summed E-state index contributed by atoms with van der Waals surface area (Å²) in [7, 11) is 0. The molecule has 3 nitrogen and oxygen atoms in total. The first-order valence-corrected chi connectivity index (χ1v) is 8.12. The quantitative estimate of drug-likeness (QED) is 0.917. The molecule has 0 bridgehead atoms. The van der Waals surface area contributed by atoms with E-state index in [1.807, 2.05) is 18.0 Å². The third-order valence-corrected chi connectivity index (χ3v) is 5.10. The van der Waals surface area contributed by atoms with Gasteiger partial charge in [-0.15, -0.1) is 11.8 Å². The van der Waals surface area contributed by atoms with Crippen LogP contribution in [0.15, 0.2) is 35.4 Å². The number of hydrogen-bond donors (Lipinski definition) is 1. The van der Waals surface area contributed by atoms with E-state index in [1.54, 1.807) is 0 Å². The lowest BCUT2D eigenvalue weighted by molar-refractivity contribution is 0.593. The van der Waals surface area contributed by atoms with Gasteiger partial charge in [0.05, 0.1) is 5.69 Å². The summed E-state index contributed by atoms with van der Waals surface area (Å²) in [5.74, 6) is 1.12. The minimum atomic E-state index is 0.626. The van der Waals surface area contributed by atoms with Gasteiger partial charge in [0.2, 0.25) is 0 Å². The Morgan fingerprint density at radius 1 is 1.40 bits per heavy atom. The number of nitrogens with one attached hydrogen (secondary N) is 1. The Bertz CT molecular complexity index is 566. The van der Waals surface area contributed by atoms with E-state index >= 15 is 0 Å². The Morgan fingerprint density at radius 2 is 2.25 bits per heavy atom. The van der Waals surface area contributed by atoms with Crippen LogP contribution in [0.5, 0.6) is 0 Å². The van der Waals surface area contributed by atoms with Crippen molar-refractivity contribution in [2.24, 2.45) is 0 Å². The Labute approximate surface area is 124 Å². The number of hydrogen-bond acceptors (Lipinski definition) is 3. The number of thioether (sulfide) groups is 1. The van der Waals surface area contributed by atoms with Crippen molar-refractivity contribution >= 4 is 11.8 Å². The average molecular weight is 287 g/mol. The van der Waals surface area contributed by atoms with Gasteiger partial charge < -0.3 is 9.88 Å². The summed E-state index contributed by atoms with van der Waals surface area (Å²) in [4.78, 5) is 5.92. The number of fused-ring (bicyclic) bond motifs is 1. The molecule has 1 N–H and O–H groups in total. The third kappa shape index (κ3) is 2.76. The number of rotatable bonds is 5. The van der Waals surface area contributed by atoms with Crippen LogP contribution < -0.4 is 5.32 Å². The highest BCUT2D eigenvalue weighted by atomic mass is 32.2. The van der Waals surface area contributed by atoms with Crippen molar-refractivity contribution in [2.45, 2.75) is 43.5 Å². The van der Waals surface area contributed by atoms with E-state index in [0.29, 0.717) is 5.25 Å². The molecule has 2 heterocycles. The van der Waals surface area contributed by atoms with Crippen molar-refractivity contribution in [3.63, 3.8) is 0 Å². The fraction of sp³-hybridized carbons (Fsp3) is 0.438. The Kier molecular flexibility index (Phi) is 4.13. The Balaban J connectivity index is 1.72. The van der Waals surface area contributed by atoms with Crippen LogP contribution in [0.1, 0.15) is 24.0 Å². The molecule has 1 aliphatic heterocycles. The lowest BCUT2D eigenvalue weighted by Crippen LogP contribution is -2.20. The molecule has 20 heavy (non-hydrogen) atoms. The minimum Gasteiger partial charge on any atom is -0.330 e. The number of benzene rings is 1. The second-order valence-corrected chi connectivity index (χ2v) is 6.58. The van der Waals surface area contributed by atoms with Crippen LogP contribution in [0.3, 0.4) is 0 Å². The first kappa shape index (κ1) is 13.7. The molecule has 106 valence electrons. The van der Waals surface area contributed by atoms with Gasteiger partial charge in [-0.05, 0) is 31.5 Å². The molecule has 0 aliphatic carbocycles. The standard InChI is InChI=1S/C16H21N3S/c1-3-17-9-14-10-18-12(2)19(14)11-15-8-13-6-4-5-7-16(13)20-15/h4-7,10,15,17H,3,8-9,11H2,1-2H3. The van der Waals surface area contributed by atoms with E-state index in [2.05, 4.69) is 53.0 Å². The molecule has 1 atom stereocenters. The highest BCUT2D eigenvalue weighted by molar-refractivity contribution is 8.00. The zero-order valence-electron chi connectivity index (χ0n) is 12.1. The fourth-order valence-electron chi connectivity index (χ4n) is 2.72. The lowest BCUT2D eigenvalue weighted by atomic mass is 10.1. The first-order valence-electron chi connectivity index (χ1n) is 7.24. The van der Waals surface area contributed by atoms with Crippen LogP contribution in [0, 0.1) is 6.92 Å². The molecule has 1 aliphatic rings. The molecule has 1 aromatic heterocycles. The van der Waals surface area contributed by atoms with Gasteiger partial charge in [0.1, 0.15) is 5.82 Å². The zero-order chi connectivity index (χ0) is 13.9. The molecular weight excluding hydrogens is 266 g/mol. The summed E-state index contributed by atoms with van der Waals surface area (Å²) in [5, 5.41) is 4.02. The van der Waals surface area contributed by atoms with Crippen molar-refractivity contribution in [2.75, 3.05) is 6.54 Å². The van der Waals surface area contributed by atoms with Crippen LogP contribution in [-0.4, -0.2) is 21.3 Å². The maximum Gasteiger partial charge on any atom is 0.105 e. The van der Waals surface area contributed by atoms with Crippen molar-refractivity contribution in [3.8, 4) is 0 Å². The Morgan fingerprint density at radius 3 is 3.05 bits per heavy atom. The van der Waals surface area contributed by atoms with E-state index in [9.17, 15) is 0 Å². The number of imidazole rings is 1. The van der Waals surface area contributed by atoms with Crippen LogP contribution >= 0.6 is 11.8 Å². The van der Waals surface area contributed by atoms with Gasteiger partial charge in [0.15, 0.2) is 0 Å². The summed E-state index contributed by atoms with van der Waals surface area (Å²) < 4.78 is 2.37. The average Bonchev–Trinajstić information content (AvgIpc) is 3.01. The molecule has 4 heteroatoms. The molecule has 0 amide bonds. The SMILES string of the molecule is CCNCc1cnc(C)n1CC1Cc2ccccc2S1. The van der Waals surface area contributed by atoms with E-state index < -0.39 is 0 Å². The maximum absolute atomic E-state index is 4.47. The predicted molar refractivity (Wildman–Crippen MR) is 84.1 cm³/mol. The van der Waals surface area contributed by atoms with E-state index in [0.717, 1.165) is 25.5 Å². The second kappa shape index (κ2) is 6.02. The maximum atomic E-state index is 4.47. The van der Waals surface area contributed by atoms with Crippen molar-refractivity contribution in [1.82, 2.24) is 14.9 Å². The first-order chi connectivity index (χ1) is 9.78. The molecule has 0 fully saturated rings. The molecular formula is C16H21N3S. The van der Waals surface area contributed by atoms with E-state index in [-0.39, 0.29) is 0 Å². The minimum absolute atomic E-state index is 0.626. The molecule has 1 aromatic carbocycles. The highest BCUT2D eigenvalue weighted by Gasteiger charge is 2.23. The largest absolute Gasteiger partial charge is 0.330 e. The predicted octanol–water partition coefficient (Wildman–Crippen LogP) is 3.02. The number of aromatic nitrogens is 2. The summed E-state index contributed by atoms with van der Waals surface area (Å²) in [6.07, 6.45) is 3.17. The van der Waals surface area contributed by atoms with Gasteiger partial charge in [-0.2, -0.15) is 0 Å². The zero-order valence-corrected chi connectivity index (χ0v) is 12.9. The van der Waals surface area contributed by atoms with Crippen molar-refractivity contribution < 1.29 is 0 Å². The van der Waals surface area contributed by atoms with Crippen LogP contribution in [0.25, 0.3) is 0 Å². The summed E-state index contributed by atoms with van der Waals surface area (Å²) in [6, 6.07) is 8.76. The highest BCUT2D eigenvalue weighted by Crippen LogP contribution is 2.37. The summed E-state index contributed by atoms with van der Waals surface area (Å²) in [6.45, 7) is 7.18. The summed E-state index contributed by atoms with van der Waals surface area (Å²) >= 11 is 2.01. The monoisotopic (exact) mass is 287 g/mol. The van der Waals surface area contributed by atoms with Gasteiger partial charge in [-0.25, -0.2) is 4.98 Å².